The number of aromatic nitrogens is 2. The molecule has 0 radical (unpaired) electrons. The molecule has 1 aliphatic rings. The maximum atomic E-state index is 13.1. The van der Waals surface area contributed by atoms with Crippen molar-refractivity contribution < 1.29 is 8.42 Å². The Labute approximate surface area is 179 Å². The van der Waals surface area contributed by atoms with E-state index in [0.29, 0.717) is 31.1 Å². The first-order valence-corrected chi connectivity index (χ1v) is 12.0. The van der Waals surface area contributed by atoms with E-state index in [0.717, 1.165) is 27.2 Å². The van der Waals surface area contributed by atoms with E-state index in [-0.39, 0.29) is 0 Å². The summed E-state index contributed by atoms with van der Waals surface area (Å²) in [4.78, 5) is 3.51. The lowest BCUT2D eigenvalue weighted by molar-refractivity contribution is 0.383. The number of benzene rings is 2. The highest BCUT2D eigenvalue weighted by Crippen LogP contribution is 2.25. The number of hydrogen-bond donors (Lipinski definition) is 0. The predicted octanol–water partition coefficient (Wildman–Crippen LogP) is 3.87. The van der Waals surface area contributed by atoms with Gasteiger partial charge in [0.05, 0.1) is 9.77 Å². The van der Waals surface area contributed by atoms with Crippen LogP contribution in [0.4, 0.5) is 5.82 Å². The summed E-state index contributed by atoms with van der Waals surface area (Å²) >= 11 is 1.63. The molecule has 1 fully saturated rings. The van der Waals surface area contributed by atoms with Crippen molar-refractivity contribution in [2.45, 2.75) is 4.90 Å². The lowest BCUT2D eigenvalue weighted by Gasteiger charge is -2.34. The lowest BCUT2D eigenvalue weighted by Crippen LogP contribution is -2.49. The number of anilines is 1. The molecule has 4 aromatic rings. The fourth-order valence-corrected chi connectivity index (χ4v) is 5.83. The number of nitrogens with zero attached hydrogens (tertiary/aromatic N) is 4. The van der Waals surface area contributed by atoms with Crippen LogP contribution in [-0.4, -0.2) is 49.1 Å². The van der Waals surface area contributed by atoms with Gasteiger partial charge in [-0.2, -0.15) is 4.31 Å². The van der Waals surface area contributed by atoms with Crippen molar-refractivity contribution in [1.82, 2.24) is 14.5 Å². The zero-order chi connectivity index (χ0) is 20.6. The van der Waals surface area contributed by atoms with Crippen LogP contribution in [0, 0.1) is 0 Å². The Morgan fingerprint density at radius 3 is 2.30 bits per heavy atom. The molecule has 8 heteroatoms. The minimum atomic E-state index is -3.52. The van der Waals surface area contributed by atoms with Gasteiger partial charge < -0.3 is 4.90 Å². The summed E-state index contributed by atoms with van der Waals surface area (Å²) in [5, 5.41) is 12.7. The molecule has 1 saturated heterocycles. The molecule has 0 atom stereocenters. The van der Waals surface area contributed by atoms with Gasteiger partial charge in [0.1, 0.15) is 5.69 Å². The largest absolute Gasteiger partial charge is 0.352 e. The van der Waals surface area contributed by atoms with Crippen molar-refractivity contribution in [3.05, 3.63) is 72.1 Å². The number of hydrogen-bond acceptors (Lipinski definition) is 6. The van der Waals surface area contributed by atoms with Crippen molar-refractivity contribution in [1.29, 1.82) is 0 Å². The molecule has 0 N–H and O–H groups in total. The molecular weight excluding hydrogens is 416 g/mol. The molecular formula is C22H20N4O2S2. The Balaban J connectivity index is 1.30. The summed E-state index contributed by atoms with van der Waals surface area (Å²) in [7, 11) is -3.52. The highest BCUT2D eigenvalue weighted by Gasteiger charge is 2.29. The average Bonchev–Trinajstić information content (AvgIpc) is 3.34. The van der Waals surface area contributed by atoms with Gasteiger partial charge in [0.2, 0.25) is 10.0 Å². The van der Waals surface area contributed by atoms with Gasteiger partial charge in [0.25, 0.3) is 0 Å². The highest BCUT2D eigenvalue weighted by atomic mass is 32.2. The molecule has 5 rings (SSSR count). The topological polar surface area (TPSA) is 66.4 Å². The zero-order valence-electron chi connectivity index (χ0n) is 16.2. The first kappa shape index (κ1) is 19.2. The molecule has 3 heterocycles. The van der Waals surface area contributed by atoms with Crippen LogP contribution in [0.25, 0.3) is 21.3 Å². The van der Waals surface area contributed by atoms with E-state index in [2.05, 4.69) is 15.1 Å². The number of piperazine rings is 1. The Morgan fingerprint density at radius 2 is 1.60 bits per heavy atom. The van der Waals surface area contributed by atoms with Crippen LogP contribution in [0.1, 0.15) is 0 Å². The molecule has 2 aromatic heterocycles. The fourth-order valence-electron chi connectivity index (χ4n) is 3.68. The van der Waals surface area contributed by atoms with Crippen LogP contribution in [-0.2, 0) is 10.0 Å². The number of fused-ring (bicyclic) bond motifs is 1. The van der Waals surface area contributed by atoms with Gasteiger partial charge in [0.15, 0.2) is 5.82 Å². The molecule has 0 aliphatic carbocycles. The SMILES string of the molecule is O=S(=O)(c1ccc2ccccc2c1)N1CCN(c2ccc(-c3cccs3)nn2)CC1. The molecule has 0 amide bonds. The smallest absolute Gasteiger partial charge is 0.243 e. The normalized spacial score (nSPS) is 15.5. The molecule has 1 aliphatic heterocycles. The molecule has 2 aromatic carbocycles. The summed E-state index contributed by atoms with van der Waals surface area (Å²) in [6.07, 6.45) is 0. The number of sulfonamides is 1. The number of thiophene rings is 1. The van der Waals surface area contributed by atoms with E-state index >= 15 is 0 Å². The van der Waals surface area contributed by atoms with E-state index in [1.807, 2.05) is 60.0 Å². The summed E-state index contributed by atoms with van der Waals surface area (Å²) in [6.45, 7) is 2.01. The van der Waals surface area contributed by atoms with Crippen LogP contribution >= 0.6 is 11.3 Å². The van der Waals surface area contributed by atoms with Crippen molar-refractivity contribution >= 4 is 38.0 Å². The van der Waals surface area contributed by atoms with Gasteiger partial charge in [-0.05, 0) is 46.5 Å². The molecule has 0 bridgehead atoms. The quantitative estimate of drug-likeness (QED) is 0.486. The van der Waals surface area contributed by atoms with Crippen LogP contribution < -0.4 is 4.90 Å². The molecule has 0 saturated carbocycles. The molecule has 0 unspecified atom stereocenters. The zero-order valence-corrected chi connectivity index (χ0v) is 17.8. The second-order valence-electron chi connectivity index (χ2n) is 7.15. The van der Waals surface area contributed by atoms with E-state index < -0.39 is 10.0 Å². The van der Waals surface area contributed by atoms with Gasteiger partial charge in [0, 0.05) is 26.2 Å². The van der Waals surface area contributed by atoms with E-state index in [4.69, 9.17) is 0 Å². The first-order valence-electron chi connectivity index (χ1n) is 9.73. The Kier molecular flexibility index (Phi) is 4.98. The standard InChI is InChI=1S/C22H20N4O2S2/c27-30(28,19-8-7-17-4-1-2-5-18(17)16-19)26-13-11-25(12-14-26)22-10-9-20(23-24-22)21-6-3-15-29-21/h1-10,15-16H,11-14H2. The molecule has 152 valence electrons. The molecule has 30 heavy (non-hydrogen) atoms. The summed E-state index contributed by atoms with van der Waals surface area (Å²) < 4.78 is 27.8. The second kappa shape index (κ2) is 7.79. The van der Waals surface area contributed by atoms with Crippen molar-refractivity contribution in [3.8, 4) is 10.6 Å². The maximum Gasteiger partial charge on any atom is 0.243 e. The third-order valence-corrected chi connectivity index (χ3v) is 8.13. The second-order valence-corrected chi connectivity index (χ2v) is 10.0. The molecule has 6 nitrogen and oxygen atoms in total. The average molecular weight is 437 g/mol. The van der Waals surface area contributed by atoms with Crippen molar-refractivity contribution in [3.63, 3.8) is 0 Å². The first-order chi connectivity index (χ1) is 14.6. The third kappa shape index (κ3) is 3.58. The highest BCUT2D eigenvalue weighted by molar-refractivity contribution is 7.89. The van der Waals surface area contributed by atoms with Gasteiger partial charge in [-0.1, -0.05) is 36.4 Å². The Hall–Kier alpha value is -2.81. The third-order valence-electron chi connectivity index (χ3n) is 5.35. The summed E-state index contributed by atoms with van der Waals surface area (Å²) in [5.74, 6) is 0.776. The van der Waals surface area contributed by atoms with Crippen molar-refractivity contribution in [2.75, 3.05) is 31.1 Å². The number of rotatable bonds is 4. The fraction of sp³-hybridized carbons (Fsp3) is 0.182. The lowest BCUT2D eigenvalue weighted by atomic mass is 10.1. The minimum Gasteiger partial charge on any atom is -0.352 e. The summed E-state index contributed by atoms with van der Waals surface area (Å²) in [6, 6.07) is 21.0. The van der Waals surface area contributed by atoms with E-state index in [9.17, 15) is 8.42 Å². The van der Waals surface area contributed by atoms with Gasteiger partial charge in [-0.3, -0.25) is 0 Å². The van der Waals surface area contributed by atoms with Crippen LogP contribution in [0.3, 0.4) is 0 Å². The van der Waals surface area contributed by atoms with Gasteiger partial charge in [-0.25, -0.2) is 8.42 Å². The maximum absolute atomic E-state index is 13.1. The summed E-state index contributed by atoms with van der Waals surface area (Å²) in [5.41, 5.74) is 0.853. The Bertz CT molecular complexity index is 1260. The monoisotopic (exact) mass is 436 g/mol. The van der Waals surface area contributed by atoms with Crippen LogP contribution in [0.2, 0.25) is 0 Å². The van der Waals surface area contributed by atoms with E-state index in [1.165, 1.54) is 0 Å². The van der Waals surface area contributed by atoms with Gasteiger partial charge >= 0.3 is 0 Å². The molecule has 0 spiro atoms. The van der Waals surface area contributed by atoms with Crippen molar-refractivity contribution in [2.24, 2.45) is 0 Å². The minimum absolute atomic E-state index is 0.342. The Morgan fingerprint density at radius 1 is 0.800 bits per heavy atom. The predicted molar refractivity (Wildman–Crippen MR) is 120 cm³/mol. The van der Waals surface area contributed by atoms with Gasteiger partial charge in [-0.15, -0.1) is 21.5 Å². The van der Waals surface area contributed by atoms with Crippen LogP contribution in [0.5, 0.6) is 0 Å². The van der Waals surface area contributed by atoms with Crippen LogP contribution in [0.15, 0.2) is 77.0 Å². The van der Waals surface area contributed by atoms with E-state index in [1.54, 1.807) is 27.8 Å².